The van der Waals surface area contributed by atoms with Gasteiger partial charge in [-0.3, -0.25) is 10.2 Å². The van der Waals surface area contributed by atoms with Crippen LogP contribution in [0.3, 0.4) is 0 Å². The molecule has 3 N–H and O–H groups in total. The fraction of sp³-hybridized carbons (Fsp3) is 0.111. The van der Waals surface area contributed by atoms with Crippen molar-refractivity contribution in [3.8, 4) is 5.75 Å². The first-order valence-corrected chi connectivity index (χ1v) is 3.66. The van der Waals surface area contributed by atoms with Crippen LogP contribution in [-0.2, 0) is 0 Å². The number of nitrogens with one attached hydrogen (secondary N) is 1. The number of nitrogen functional groups attached to an aromatic ring is 1. The summed E-state index contributed by atoms with van der Waals surface area (Å²) in [6.07, 6.45) is 0.672. The highest BCUT2D eigenvalue weighted by Crippen LogP contribution is 2.17. The summed E-state index contributed by atoms with van der Waals surface area (Å²) in [6, 6.07) is 4.77. The molecule has 0 amide bonds. The van der Waals surface area contributed by atoms with Gasteiger partial charge in [-0.15, -0.1) is 0 Å². The average Bonchev–Trinajstić information content (AvgIpc) is 2.16. The van der Waals surface area contributed by atoms with Crippen LogP contribution in [0, 0.1) is 5.41 Å². The summed E-state index contributed by atoms with van der Waals surface area (Å²) in [4.78, 5) is 10.6. The van der Waals surface area contributed by atoms with Gasteiger partial charge in [-0.05, 0) is 18.2 Å². The minimum atomic E-state index is -0.0641. The summed E-state index contributed by atoms with van der Waals surface area (Å²) in [7, 11) is 1.48. The molecule has 0 aromatic heterocycles. The van der Waals surface area contributed by atoms with E-state index in [0.717, 1.165) is 0 Å². The maximum Gasteiger partial charge on any atom is 0.153 e. The van der Waals surface area contributed by atoms with E-state index in [1.54, 1.807) is 12.1 Å². The Labute approximate surface area is 75.8 Å². The zero-order valence-corrected chi connectivity index (χ0v) is 7.20. The lowest BCUT2D eigenvalue weighted by Crippen LogP contribution is -2.11. The molecule has 0 fully saturated rings. The molecule has 4 heteroatoms. The fourth-order valence-electron chi connectivity index (χ4n) is 0.994. The molecule has 0 saturated heterocycles. The van der Waals surface area contributed by atoms with Crippen LogP contribution < -0.4 is 10.5 Å². The number of carbonyl (C=O) groups is 1. The standard InChI is InChI=1S/C9H10N2O2/c1-13-8-3-2-6(9(10)11)4-7(8)5-12/h2-5H,1H3,(H3,10,11). The second kappa shape index (κ2) is 3.71. The van der Waals surface area contributed by atoms with Crippen LogP contribution in [0.4, 0.5) is 0 Å². The zero-order valence-electron chi connectivity index (χ0n) is 7.20. The normalized spacial score (nSPS) is 9.31. The first-order chi connectivity index (χ1) is 6.19. The molecule has 4 nitrogen and oxygen atoms in total. The Bertz CT molecular complexity index is 347. The lowest BCUT2D eigenvalue weighted by atomic mass is 10.1. The first kappa shape index (κ1) is 9.25. The third-order valence-corrected chi connectivity index (χ3v) is 1.67. The minimum absolute atomic E-state index is 0.0641. The Morgan fingerprint density at radius 1 is 1.62 bits per heavy atom. The van der Waals surface area contributed by atoms with Gasteiger partial charge in [0.15, 0.2) is 6.29 Å². The number of benzene rings is 1. The summed E-state index contributed by atoms with van der Waals surface area (Å²) in [5.74, 6) is 0.422. The lowest BCUT2D eigenvalue weighted by Gasteiger charge is -2.04. The number of aldehydes is 1. The van der Waals surface area contributed by atoms with Crippen molar-refractivity contribution >= 4 is 12.1 Å². The number of amidine groups is 1. The van der Waals surface area contributed by atoms with Crippen molar-refractivity contribution in [3.63, 3.8) is 0 Å². The summed E-state index contributed by atoms with van der Waals surface area (Å²) in [6.45, 7) is 0. The molecule has 68 valence electrons. The molecule has 0 aliphatic rings. The molecular formula is C9H10N2O2. The molecule has 0 atom stereocenters. The Morgan fingerprint density at radius 3 is 2.77 bits per heavy atom. The van der Waals surface area contributed by atoms with E-state index in [1.807, 2.05) is 0 Å². The molecule has 1 aromatic carbocycles. The highest BCUT2D eigenvalue weighted by atomic mass is 16.5. The van der Waals surface area contributed by atoms with E-state index in [1.165, 1.54) is 13.2 Å². The van der Waals surface area contributed by atoms with E-state index < -0.39 is 0 Å². The van der Waals surface area contributed by atoms with Crippen molar-refractivity contribution in [1.29, 1.82) is 5.41 Å². The number of carbonyl (C=O) groups excluding carboxylic acids is 1. The Balaban J connectivity index is 3.20. The van der Waals surface area contributed by atoms with Crippen LogP contribution in [0.25, 0.3) is 0 Å². The van der Waals surface area contributed by atoms with Gasteiger partial charge in [0, 0.05) is 5.56 Å². The predicted molar refractivity (Wildman–Crippen MR) is 49.4 cm³/mol. The largest absolute Gasteiger partial charge is 0.496 e. The van der Waals surface area contributed by atoms with Gasteiger partial charge in [0.25, 0.3) is 0 Å². The maximum absolute atomic E-state index is 10.6. The number of ether oxygens (including phenoxy) is 1. The SMILES string of the molecule is COc1ccc(C(=N)N)cc1C=O. The van der Waals surface area contributed by atoms with Gasteiger partial charge in [0.1, 0.15) is 11.6 Å². The summed E-state index contributed by atoms with van der Waals surface area (Å²) < 4.78 is 4.93. The zero-order chi connectivity index (χ0) is 9.84. The van der Waals surface area contributed by atoms with Gasteiger partial charge in [-0.25, -0.2) is 0 Å². The smallest absolute Gasteiger partial charge is 0.153 e. The van der Waals surface area contributed by atoms with Crippen LogP contribution in [-0.4, -0.2) is 19.2 Å². The van der Waals surface area contributed by atoms with Gasteiger partial charge >= 0.3 is 0 Å². The number of nitrogens with two attached hydrogens (primary N) is 1. The van der Waals surface area contributed by atoms with Gasteiger partial charge in [0.2, 0.25) is 0 Å². The topological polar surface area (TPSA) is 76.2 Å². The number of hydrogen-bond donors (Lipinski definition) is 2. The fourth-order valence-corrected chi connectivity index (χ4v) is 0.994. The average molecular weight is 178 g/mol. The molecule has 0 bridgehead atoms. The van der Waals surface area contributed by atoms with E-state index in [0.29, 0.717) is 23.2 Å². The highest BCUT2D eigenvalue weighted by molar-refractivity contribution is 5.97. The number of methoxy groups -OCH3 is 1. The molecule has 1 aromatic rings. The van der Waals surface area contributed by atoms with Crippen molar-refractivity contribution in [3.05, 3.63) is 29.3 Å². The minimum Gasteiger partial charge on any atom is -0.496 e. The highest BCUT2D eigenvalue weighted by Gasteiger charge is 2.04. The van der Waals surface area contributed by atoms with E-state index in [9.17, 15) is 4.79 Å². The first-order valence-electron chi connectivity index (χ1n) is 3.66. The van der Waals surface area contributed by atoms with Crippen LogP contribution in [0.15, 0.2) is 18.2 Å². The molecule has 0 spiro atoms. The van der Waals surface area contributed by atoms with E-state index in [-0.39, 0.29) is 5.84 Å². The second-order valence-electron chi connectivity index (χ2n) is 2.49. The van der Waals surface area contributed by atoms with E-state index in [2.05, 4.69) is 0 Å². The quantitative estimate of drug-likeness (QED) is 0.408. The third-order valence-electron chi connectivity index (χ3n) is 1.67. The molecule has 13 heavy (non-hydrogen) atoms. The monoisotopic (exact) mass is 178 g/mol. The van der Waals surface area contributed by atoms with Crippen molar-refractivity contribution in [2.75, 3.05) is 7.11 Å². The summed E-state index contributed by atoms with van der Waals surface area (Å²) >= 11 is 0. The lowest BCUT2D eigenvalue weighted by molar-refractivity contribution is 0.112. The van der Waals surface area contributed by atoms with Gasteiger partial charge in [-0.1, -0.05) is 0 Å². The van der Waals surface area contributed by atoms with Crippen LogP contribution in [0.5, 0.6) is 5.75 Å². The van der Waals surface area contributed by atoms with Gasteiger partial charge in [-0.2, -0.15) is 0 Å². The van der Waals surface area contributed by atoms with E-state index >= 15 is 0 Å². The van der Waals surface area contributed by atoms with E-state index in [4.69, 9.17) is 15.9 Å². The molecular weight excluding hydrogens is 168 g/mol. The predicted octanol–water partition coefficient (Wildman–Crippen LogP) is 0.792. The Hall–Kier alpha value is -1.84. The third kappa shape index (κ3) is 1.84. The Morgan fingerprint density at radius 2 is 2.31 bits per heavy atom. The van der Waals surface area contributed by atoms with Crippen LogP contribution >= 0.6 is 0 Å². The van der Waals surface area contributed by atoms with Crippen LogP contribution in [0.2, 0.25) is 0 Å². The number of rotatable bonds is 3. The molecule has 0 saturated carbocycles. The molecule has 0 aliphatic heterocycles. The molecule has 0 heterocycles. The maximum atomic E-state index is 10.6. The van der Waals surface area contributed by atoms with Gasteiger partial charge in [0.05, 0.1) is 12.7 Å². The van der Waals surface area contributed by atoms with Crippen molar-refractivity contribution in [1.82, 2.24) is 0 Å². The Kier molecular flexibility index (Phi) is 2.64. The summed E-state index contributed by atoms with van der Waals surface area (Å²) in [5.41, 5.74) is 6.17. The van der Waals surface area contributed by atoms with Gasteiger partial charge < -0.3 is 10.5 Å². The second-order valence-corrected chi connectivity index (χ2v) is 2.49. The van der Waals surface area contributed by atoms with Crippen molar-refractivity contribution < 1.29 is 9.53 Å². The number of hydrogen-bond acceptors (Lipinski definition) is 3. The molecule has 1 rings (SSSR count). The van der Waals surface area contributed by atoms with Crippen molar-refractivity contribution in [2.45, 2.75) is 0 Å². The molecule has 0 unspecified atom stereocenters. The van der Waals surface area contributed by atoms with Crippen LogP contribution in [0.1, 0.15) is 15.9 Å². The molecule has 0 radical (unpaired) electrons. The van der Waals surface area contributed by atoms with Crippen molar-refractivity contribution in [2.24, 2.45) is 5.73 Å². The summed E-state index contributed by atoms with van der Waals surface area (Å²) in [5, 5.41) is 7.16. The molecule has 0 aliphatic carbocycles.